The molecule has 0 atom stereocenters. The van der Waals surface area contributed by atoms with Crippen LogP contribution in [0, 0.1) is 0 Å². The third-order valence-electron chi connectivity index (χ3n) is 3.54. The summed E-state index contributed by atoms with van der Waals surface area (Å²) < 4.78 is 41.4. The third kappa shape index (κ3) is 5.84. The van der Waals surface area contributed by atoms with Crippen LogP contribution in [0.5, 0.6) is 0 Å². The molecule has 9 heteroatoms. The number of nitrogens with one attached hydrogen (secondary N) is 2. The summed E-state index contributed by atoms with van der Waals surface area (Å²) in [6.07, 6.45) is -4.33. The summed E-state index contributed by atoms with van der Waals surface area (Å²) in [6, 6.07) is 6.79. The molecule has 26 heavy (non-hydrogen) atoms. The topological polar surface area (TPSA) is 67.0 Å². The summed E-state index contributed by atoms with van der Waals surface area (Å²) in [5.41, 5.74) is 2.57. The molecule has 1 aromatic carbocycles. The molecule has 0 saturated heterocycles. The van der Waals surface area contributed by atoms with Crippen molar-refractivity contribution in [3.63, 3.8) is 0 Å². The van der Waals surface area contributed by atoms with E-state index in [4.69, 9.17) is 0 Å². The largest absolute Gasteiger partial charge is 0.411 e. The van der Waals surface area contributed by atoms with Gasteiger partial charge in [0.25, 0.3) is 5.91 Å². The van der Waals surface area contributed by atoms with Gasteiger partial charge in [-0.05, 0) is 33.0 Å². The normalized spacial score (nSPS) is 11.8. The van der Waals surface area contributed by atoms with Crippen molar-refractivity contribution in [2.75, 3.05) is 6.61 Å². The van der Waals surface area contributed by atoms with Crippen molar-refractivity contribution in [2.45, 2.75) is 39.1 Å². The first-order valence-electron chi connectivity index (χ1n) is 7.91. The van der Waals surface area contributed by atoms with E-state index in [-0.39, 0.29) is 30.7 Å². The minimum absolute atomic E-state index is 0.121. The van der Waals surface area contributed by atoms with Crippen LogP contribution in [0.2, 0.25) is 0 Å². The maximum atomic E-state index is 12.2. The first kappa shape index (κ1) is 20.4. The van der Waals surface area contributed by atoms with E-state index in [2.05, 4.69) is 36.2 Å². The highest BCUT2D eigenvalue weighted by atomic mass is 79.9. The van der Waals surface area contributed by atoms with Gasteiger partial charge in [-0.3, -0.25) is 9.89 Å². The van der Waals surface area contributed by atoms with Crippen LogP contribution in [0.4, 0.5) is 13.2 Å². The zero-order valence-electron chi connectivity index (χ0n) is 14.3. The lowest BCUT2D eigenvalue weighted by atomic mass is 10.1. The predicted octanol–water partition coefficient (Wildman–Crippen LogP) is 4.30. The van der Waals surface area contributed by atoms with Crippen LogP contribution >= 0.6 is 15.9 Å². The van der Waals surface area contributed by atoms with Gasteiger partial charge < -0.3 is 10.1 Å². The first-order chi connectivity index (χ1) is 12.2. The minimum Gasteiger partial charge on any atom is -0.367 e. The van der Waals surface area contributed by atoms with E-state index in [0.29, 0.717) is 10.0 Å². The van der Waals surface area contributed by atoms with Crippen LogP contribution in [0.25, 0.3) is 0 Å². The quantitative estimate of drug-likeness (QED) is 0.683. The molecule has 0 saturated carbocycles. The number of alkyl halides is 3. The first-order valence-corrected chi connectivity index (χ1v) is 8.71. The minimum atomic E-state index is -4.33. The maximum Gasteiger partial charge on any atom is 0.411 e. The van der Waals surface area contributed by atoms with E-state index in [0.717, 1.165) is 11.3 Å². The number of nitrogens with zero attached hydrogens (tertiary/aromatic N) is 1. The number of aromatic nitrogens is 2. The number of hydrogen-bond acceptors (Lipinski definition) is 3. The van der Waals surface area contributed by atoms with E-state index < -0.39 is 12.8 Å². The van der Waals surface area contributed by atoms with Crippen molar-refractivity contribution in [2.24, 2.45) is 0 Å². The molecule has 1 heterocycles. The van der Waals surface area contributed by atoms with Crippen molar-refractivity contribution in [3.05, 3.63) is 51.3 Å². The van der Waals surface area contributed by atoms with Gasteiger partial charge in [-0.15, -0.1) is 0 Å². The summed E-state index contributed by atoms with van der Waals surface area (Å²) in [7, 11) is 0. The molecule has 0 aliphatic carbocycles. The number of H-pyrrole nitrogens is 1. The summed E-state index contributed by atoms with van der Waals surface area (Å²) >= 11 is 3.38. The Labute approximate surface area is 157 Å². The molecular weight excluding hydrogens is 415 g/mol. The monoisotopic (exact) mass is 433 g/mol. The number of halogens is 4. The van der Waals surface area contributed by atoms with E-state index in [1.165, 1.54) is 0 Å². The Morgan fingerprint density at radius 2 is 1.88 bits per heavy atom. The molecule has 2 N–H and O–H groups in total. The van der Waals surface area contributed by atoms with Crippen LogP contribution in [0.15, 0.2) is 28.7 Å². The fourth-order valence-electron chi connectivity index (χ4n) is 2.18. The second-order valence-electron chi connectivity index (χ2n) is 6.06. The summed E-state index contributed by atoms with van der Waals surface area (Å²) in [5, 5.41) is 9.62. The summed E-state index contributed by atoms with van der Waals surface area (Å²) in [6.45, 7) is 2.85. The number of amides is 1. The zero-order chi connectivity index (χ0) is 19.3. The van der Waals surface area contributed by atoms with Crippen molar-refractivity contribution in [1.82, 2.24) is 15.5 Å². The van der Waals surface area contributed by atoms with Crippen molar-refractivity contribution in [1.29, 1.82) is 0 Å². The Hall–Kier alpha value is -1.87. The Kier molecular flexibility index (Phi) is 6.82. The molecule has 1 amide bonds. The van der Waals surface area contributed by atoms with Gasteiger partial charge in [0.1, 0.15) is 6.61 Å². The van der Waals surface area contributed by atoms with Gasteiger partial charge in [0, 0.05) is 6.54 Å². The second-order valence-corrected chi connectivity index (χ2v) is 6.85. The van der Waals surface area contributed by atoms with Gasteiger partial charge >= 0.3 is 6.18 Å². The summed E-state index contributed by atoms with van der Waals surface area (Å²) in [4.78, 5) is 12.2. The molecule has 0 aliphatic heterocycles. The Morgan fingerprint density at radius 1 is 1.27 bits per heavy atom. The van der Waals surface area contributed by atoms with Crippen LogP contribution in [0.1, 0.15) is 47.1 Å². The molecule has 0 fully saturated rings. The molecule has 2 rings (SSSR count). The molecule has 0 unspecified atom stereocenters. The molecule has 1 aromatic heterocycles. The van der Waals surface area contributed by atoms with Crippen molar-refractivity contribution < 1.29 is 22.7 Å². The van der Waals surface area contributed by atoms with Crippen molar-refractivity contribution in [3.8, 4) is 0 Å². The van der Waals surface area contributed by atoms with E-state index >= 15 is 0 Å². The molecule has 0 radical (unpaired) electrons. The number of ether oxygens (including phenoxy) is 1. The SMILES string of the molecule is CC(C)c1[nH]nc(C(=O)NCc2ccc(COCC(F)(F)F)cc2)c1Br. The van der Waals surface area contributed by atoms with Crippen LogP contribution in [0.3, 0.4) is 0 Å². The van der Waals surface area contributed by atoms with Gasteiger partial charge in [0.2, 0.25) is 0 Å². The number of carbonyl (C=O) groups is 1. The molecule has 0 bridgehead atoms. The lowest BCUT2D eigenvalue weighted by molar-refractivity contribution is -0.176. The highest BCUT2D eigenvalue weighted by Crippen LogP contribution is 2.25. The van der Waals surface area contributed by atoms with Gasteiger partial charge in [0.15, 0.2) is 5.69 Å². The van der Waals surface area contributed by atoms with E-state index in [1.54, 1.807) is 24.3 Å². The zero-order valence-corrected chi connectivity index (χ0v) is 15.9. The number of aromatic amines is 1. The third-order valence-corrected chi connectivity index (χ3v) is 4.34. The number of benzene rings is 1. The van der Waals surface area contributed by atoms with Gasteiger partial charge in [-0.25, -0.2) is 0 Å². The lowest BCUT2D eigenvalue weighted by Crippen LogP contribution is -2.23. The highest BCUT2D eigenvalue weighted by Gasteiger charge is 2.27. The fraction of sp³-hybridized carbons (Fsp3) is 0.412. The Bertz CT molecular complexity index is 743. The lowest BCUT2D eigenvalue weighted by Gasteiger charge is -2.08. The van der Waals surface area contributed by atoms with Crippen LogP contribution in [-0.4, -0.2) is 28.9 Å². The fourth-order valence-corrected chi connectivity index (χ4v) is 2.99. The highest BCUT2D eigenvalue weighted by molar-refractivity contribution is 9.10. The number of hydrogen-bond donors (Lipinski definition) is 2. The average Bonchev–Trinajstić information content (AvgIpc) is 2.94. The average molecular weight is 434 g/mol. The molecular formula is C17H19BrF3N3O2. The standard InChI is InChI=1S/C17H19BrF3N3O2/c1-10(2)14-13(18)15(24-23-14)16(25)22-7-11-3-5-12(6-4-11)8-26-9-17(19,20)21/h3-6,10H,7-9H2,1-2H3,(H,22,25)(H,23,24). The smallest absolute Gasteiger partial charge is 0.367 e. The van der Waals surface area contributed by atoms with Gasteiger partial charge in [0.05, 0.1) is 16.8 Å². The summed E-state index contributed by atoms with van der Waals surface area (Å²) in [5.74, 6) is -0.122. The van der Waals surface area contributed by atoms with Crippen molar-refractivity contribution >= 4 is 21.8 Å². The molecule has 0 aliphatic rings. The Morgan fingerprint density at radius 3 is 2.42 bits per heavy atom. The molecule has 0 spiro atoms. The van der Waals surface area contributed by atoms with Gasteiger partial charge in [-0.1, -0.05) is 38.1 Å². The number of rotatable bonds is 7. The van der Waals surface area contributed by atoms with E-state index in [9.17, 15) is 18.0 Å². The molecule has 5 nitrogen and oxygen atoms in total. The molecule has 2 aromatic rings. The molecule has 142 valence electrons. The van der Waals surface area contributed by atoms with Gasteiger partial charge in [-0.2, -0.15) is 18.3 Å². The van der Waals surface area contributed by atoms with Crippen LogP contribution in [-0.2, 0) is 17.9 Å². The van der Waals surface area contributed by atoms with E-state index in [1.807, 2.05) is 13.8 Å². The predicted molar refractivity (Wildman–Crippen MR) is 93.7 cm³/mol. The van der Waals surface area contributed by atoms with Crippen LogP contribution < -0.4 is 5.32 Å². The Balaban J connectivity index is 1.87. The second kappa shape index (κ2) is 8.68. The number of carbonyl (C=O) groups excluding carboxylic acids is 1. The maximum absolute atomic E-state index is 12.2.